The average molecular weight is 518 g/mol. The summed E-state index contributed by atoms with van der Waals surface area (Å²) in [6.45, 7) is 4.85. The minimum Gasteiger partial charge on any atom is -0.372 e. The van der Waals surface area contributed by atoms with Gasteiger partial charge in [-0.2, -0.15) is 0 Å². The minimum atomic E-state index is -0.0234. The monoisotopic (exact) mass is 516 g/mol. The fourth-order valence-corrected chi connectivity index (χ4v) is 6.46. The largest absolute Gasteiger partial charge is 0.372 e. The summed E-state index contributed by atoms with van der Waals surface area (Å²) in [5, 5.41) is 2.43. The Morgan fingerprint density at radius 1 is 1.18 bits per heavy atom. The van der Waals surface area contributed by atoms with Gasteiger partial charge in [-0.1, -0.05) is 73.1 Å². The van der Waals surface area contributed by atoms with Crippen LogP contribution in [0, 0.1) is 5.92 Å². The summed E-state index contributed by atoms with van der Waals surface area (Å²) in [7, 11) is 0. The average Bonchev–Trinajstić information content (AvgIpc) is 3.18. The lowest BCUT2D eigenvalue weighted by Gasteiger charge is -2.26. The molecule has 5 rings (SSSR count). The van der Waals surface area contributed by atoms with E-state index in [1.54, 1.807) is 22.0 Å². The van der Waals surface area contributed by atoms with Gasteiger partial charge in [-0.25, -0.2) is 4.98 Å². The van der Waals surface area contributed by atoms with Crippen molar-refractivity contribution in [2.24, 2.45) is 5.92 Å². The van der Waals surface area contributed by atoms with Crippen LogP contribution in [0.1, 0.15) is 29.9 Å². The number of hydrogen-bond acceptors (Lipinski definition) is 5. The Hall–Kier alpha value is -1.83. The summed E-state index contributed by atoms with van der Waals surface area (Å²) in [4.78, 5) is 20.8. The number of rotatable bonds is 5. The topological polar surface area (TPSA) is 44.1 Å². The van der Waals surface area contributed by atoms with Crippen molar-refractivity contribution in [3.8, 4) is 5.69 Å². The van der Waals surface area contributed by atoms with E-state index in [9.17, 15) is 4.79 Å². The van der Waals surface area contributed by atoms with Gasteiger partial charge in [0.1, 0.15) is 4.83 Å². The molecule has 1 aliphatic rings. The molecule has 33 heavy (non-hydrogen) atoms. The van der Waals surface area contributed by atoms with Crippen LogP contribution in [-0.4, -0.2) is 15.7 Å². The second kappa shape index (κ2) is 9.43. The zero-order chi connectivity index (χ0) is 23.1. The molecule has 0 fully saturated rings. The summed E-state index contributed by atoms with van der Waals surface area (Å²) < 4.78 is 7.79. The van der Waals surface area contributed by atoms with E-state index in [1.165, 1.54) is 11.8 Å². The number of halogens is 2. The Morgan fingerprint density at radius 3 is 2.70 bits per heavy atom. The highest BCUT2D eigenvalue weighted by Crippen LogP contribution is 2.37. The fourth-order valence-electron chi connectivity index (χ4n) is 4.01. The molecule has 0 amide bonds. The maximum atomic E-state index is 13.9. The van der Waals surface area contributed by atoms with Crippen LogP contribution in [0.4, 0.5) is 0 Å². The number of aromatic nitrogens is 2. The molecule has 0 N–H and O–H groups in total. The Kier molecular flexibility index (Phi) is 6.56. The molecule has 1 aliphatic heterocycles. The lowest BCUT2D eigenvalue weighted by Crippen LogP contribution is -2.28. The molecule has 1 atom stereocenters. The second-order valence-electron chi connectivity index (χ2n) is 8.39. The maximum Gasteiger partial charge on any atom is 0.267 e. The molecule has 8 heteroatoms. The number of nitrogens with zero attached hydrogens (tertiary/aromatic N) is 2. The van der Waals surface area contributed by atoms with Crippen LogP contribution in [-0.2, 0) is 23.5 Å². The number of para-hydroxylation sites is 1. The van der Waals surface area contributed by atoms with Crippen molar-refractivity contribution in [3.05, 3.63) is 84.9 Å². The van der Waals surface area contributed by atoms with E-state index in [2.05, 4.69) is 13.8 Å². The minimum absolute atomic E-state index is 0.0234. The molecule has 3 heterocycles. The van der Waals surface area contributed by atoms with Crippen molar-refractivity contribution in [3.63, 3.8) is 0 Å². The van der Waals surface area contributed by atoms with Crippen molar-refractivity contribution >= 4 is 56.5 Å². The highest BCUT2D eigenvalue weighted by Gasteiger charge is 2.28. The van der Waals surface area contributed by atoms with Gasteiger partial charge in [-0.3, -0.25) is 9.36 Å². The van der Waals surface area contributed by atoms with Gasteiger partial charge in [-0.15, -0.1) is 11.3 Å². The van der Waals surface area contributed by atoms with Gasteiger partial charge >= 0.3 is 0 Å². The molecule has 1 unspecified atom stereocenters. The Labute approximate surface area is 210 Å². The van der Waals surface area contributed by atoms with Gasteiger partial charge in [0.15, 0.2) is 5.16 Å². The van der Waals surface area contributed by atoms with Crippen LogP contribution in [0.25, 0.3) is 15.9 Å². The first-order valence-corrected chi connectivity index (χ1v) is 13.3. The predicted octanol–water partition coefficient (Wildman–Crippen LogP) is 7.14. The van der Waals surface area contributed by atoms with Gasteiger partial charge in [0.25, 0.3) is 5.56 Å². The summed E-state index contributed by atoms with van der Waals surface area (Å²) in [5.41, 5.74) is 2.90. The summed E-state index contributed by atoms with van der Waals surface area (Å²) in [6, 6.07) is 15.3. The standard InChI is InChI=1S/C25H22Cl2N2O2S2/c1-14(2)20-11-17-21(12-31-20)33-23-22(17)24(30)29(16-6-4-3-5-7-16)25(28-23)32-13-15-8-9-18(26)19(27)10-15/h3-10,14,20H,11-13H2,1-2H3. The van der Waals surface area contributed by atoms with Crippen molar-refractivity contribution in [1.82, 2.24) is 9.55 Å². The third kappa shape index (κ3) is 4.47. The maximum absolute atomic E-state index is 13.9. The molecule has 0 aliphatic carbocycles. The van der Waals surface area contributed by atoms with Crippen LogP contribution >= 0.6 is 46.3 Å². The number of ether oxygens (including phenoxy) is 1. The van der Waals surface area contributed by atoms with Crippen LogP contribution in [0.3, 0.4) is 0 Å². The lowest BCUT2D eigenvalue weighted by molar-refractivity contribution is 0.00200. The summed E-state index contributed by atoms with van der Waals surface area (Å²) >= 11 is 15.3. The smallest absolute Gasteiger partial charge is 0.267 e. The molecular formula is C25H22Cl2N2O2S2. The Morgan fingerprint density at radius 2 is 1.97 bits per heavy atom. The van der Waals surface area contributed by atoms with Crippen LogP contribution in [0.2, 0.25) is 10.0 Å². The molecule has 0 saturated heterocycles. The molecule has 0 radical (unpaired) electrons. The molecule has 2 aromatic carbocycles. The van der Waals surface area contributed by atoms with E-state index in [0.29, 0.717) is 33.5 Å². The normalized spacial score (nSPS) is 15.8. The van der Waals surface area contributed by atoms with Crippen LogP contribution in [0.15, 0.2) is 58.5 Å². The predicted molar refractivity (Wildman–Crippen MR) is 138 cm³/mol. The number of benzene rings is 2. The van der Waals surface area contributed by atoms with E-state index < -0.39 is 0 Å². The van der Waals surface area contributed by atoms with Crippen molar-refractivity contribution in [2.45, 2.75) is 43.9 Å². The van der Waals surface area contributed by atoms with Gasteiger partial charge in [-0.05, 0) is 41.3 Å². The highest BCUT2D eigenvalue weighted by molar-refractivity contribution is 7.98. The number of thioether (sulfide) groups is 1. The first-order valence-electron chi connectivity index (χ1n) is 10.7. The van der Waals surface area contributed by atoms with Crippen LogP contribution < -0.4 is 5.56 Å². The number of thiophene rings is 1. The zero-order valence-corrected chi connectivity index (χ0v) is 21.3. The van der Waals surface area contributed by atoms with Crippen molar-refractivity contribution in [1.29, 1.82) is 0 Å². The first-order chi connectivity index (χ1) is 15.9. The fraction of sp³-hybridized carbons (Fsp3) is 0.280. The zero-order valence-electron chi connectivity index (χ0n) is 18.2. The van der Waals surface area contributed by atoms with Crippen LogP contribution in [0.5, 0.6) is 0 Å². The van der Waals surface area contributed by atoms with Gasteiger partial charge in [0.2, 0.25) is 0 Å². The first kappa shape index (κ1) is 22.9. The SMILES string of the molecule is CC(C)C1Cc2c(sc3nc(SCc4ccc(Cl)c(Cl)c4)n(-c4ccccc4)c(=O)c23)CO1. The molecule has 2 aromatic heterocycles. The van der Waals surface area contributed by atoms with Crippen molar-refractivity contribution in [2.75, 3.05) is 0 Å². The van der Waals surface area contributed by atoms with Crippen molar-refractivity contribution < 1.29 is 4.74 Å². The molecule has 0 bridgehead atoms. The summed E-state index contributed by atoms with van der Waals surface area (Å²) in [6.07, 6.45) is 0.859. The lowest BCUT2D eigenvalue weighted by atomic mass is 9.96. The highest BCUT2D eigenvalue weighted by atomic mass is 35.5. The van der Waals surface area contributed by atoms with E-state index in [4.69, 9.17) is 32.9 Å². The van der Waals surface area contributed by atoms with Gasteiger partial charge in [0.05, 0.1) is 33.8 Å². The molecule has 0 saturated carbocycles. The number of hydrogen-bond donors (Lipinski definition) is 0. The molecule has 0 spiro atoms. The Bertz CT molecular complexity index is 1380. The number of fused-ring (bicyclic) bond motifs is 3. The Balaban J connectivity index is 1.62. The molecule has 4 nitrogen and oxygen atoms in total. The van der Waals surface area contributed by atoms with E-state index in [1.807, 2.05) is 42.5 Å². The molecule has 4 aromatic rings. The van der Waals surface area contributed by atoms with Gasteiger partial charge < -0.3 is 4.74 Å². The van der Waals surface area contributed by atoms with E-state index in [-0.39, 0.29) is 11.7 Å². The second-order valence-corrected chi connectivity index (χ2v) is 11.2. The molecule has 170 valence electrons. The molecular weight excluding hydrogens is 495 g/mol. The summed E-state index contributed by atoms with van der Waals surface area (Å²) in [5.74, 6) is 1.00. The quantitative estimate of drug-likeness (QED) is 0.208. The van der Waals surface area contributed by atoms with E-state index in [0.717, 1.165) is 38.3 Å². The van der Waals surface area contributed by atoms with E-state index >= 15 is 0 Å². The van der Waals surface area contributed by atoms with Gasteiger partial charge in [0, 0.05) is 17.1 Å². The third-order valence-corrected chi connectivity index (χ3v) is 8.67. The third-order valence-electron chi connectivity index (χ3n) is 5.82.